The molecule has 0 N–H and O–H groups in total. The van der Waals surface area contributed by atoms with E-state index in [1.54, 1.807) is 24.5 Å². The van der Waals surface area contributed by atoms with Crippen LogP contribution in [0.15, 0.2) is 48.8 Å². The minimum absolute atomic E-state index is 0.0458. The molecule has 0 aliphatic carbocycles. The summed E-state index contributed by atoms with van der Waals surface area (Å²) in [5.74, 6) is 0.627. The summed E-state index contributed by atoms with van der Waals surface area (Å²) in [6, 6.07) is 11.0. The first-order valence-corrected chi connectivity index (χ1v) is 10.2. The van der Waals surface area contributed by atoms with Gasteiger partial charge in [0, 0.05) is 12.8 Å². The van der Waals surface area contributed by atoms with Crippen molar-refractivity contribution in [1.82, 2.24) is 14.8 Å². The predicted octanol–water partition coefficient (Wildman–Crippen LogP) is 4.02. The second-order valence-electron chi connectivity index (χ2n) is 7.18. The van der Waals surface area contributed by atoms with Gasteiger partial charge in [-0.15, -0.1) is 0 Å². The molecule has 3 aromatic rings. The fourth-order valence-electron chi connectivity index (χ4n) is 3.56. The lowest BCUT2D eigenvalue weighted by atomic mass is 10.1. The van der Waals surface area contributed by atoms with E-state index in [0.29, 0.717) is 17.1 Å². The standard InChI is InChI=1S/C23H25N3O5/c1-28-21-9-6-16(13-18(21)23(27)29-2)15-31-17-7-8-19(24-14-17)20-10-11-25-26(20)22-5-3-4-12-30-22/h6-11,13-14,22H,3-5,12,15H2,1-2H3. The van der Waals surface area contributed by atoms with E-state index < -0.39 is 5.97 Å². The Balaban J connectivity index is 1.44. The van der Waals surface area contributed by atoms with Crippen LogP contribution in [0.2, 0.25) is 0 Å². The van der Waals surface area contributed by atoms with Gasteiger partial charge in [-0.25, -0.2) is 9.48 Å². The molecular weight excluding hydrogens is 398 g/mol. The number of benzene rings is 1. The Bertz CT molecular complexity index is 1030. The first-order valence-electron chi connectivity index (χ1n) is 10.2. The second-order valence-corrected chi connectivity index (χ2v) is 7.18. The van der Waals surface area contributed by atoms with Crippen LogP contribution in [0.5, 0.6) is 11.5 Å². The van der Waals surface area contributed by atoms with Gasteiger partial charge in [0.1, 0.15) is 23.7 Å². The van der Waals surface area contributed by atoms with Crippen molar-refractivity contribution in [2.75, 3.05) is 20.8 Å². The highest BCUT2D eigenvalue weighted by molar-refractivity contribution is 5.92. The van der Waals surface area contributed by atoms with Gasteiger partial charge in [0.15, 0.2) is 6.23 Å². The zero-order valence-electron chi connectivity index (χ0n) is 17.6. The summed E-state index contributed by atoms with van der Waals surface area (Å²) < 4.78 is 23.6. The molecule has 1 aliphatic rings. The summed E-state index contributed by atoms with van der Waals surface area (Å²) >= 11 is 0. The SMILES string of the molecule is COC(=O)c1cc(COc2ccc(-c3ccnn3C3CCCCO3)nc2)ccc1OC. The maximum absolute atomic E-state index is 11.9. The van der Waals surface area contributed by atoms with Crippen LogP contribution in [-0.4, -0.2) is 41.6 Å². The maximum atomic E-state index is 11.9. The van der Waals surface area contributed by atoms with E-state index in [0.717, 1.165) is 42.8 Å². The lowest BCUT2D eigenvalue weighted by molar-refractivity contribution is -0.0384. The van der Waals surface area contributed by atoms with Gasteiger partial charge in [-0.2, -0.15) is 5.10 Å². The highest BCUT2D eigenvalue weighted by Crippen LogP contribution is 2.28. The minimum atomic E-state index is -0.455. The van der Waals surface area contributed by atoms with E-state index in [4.69, 9.17) is 18.9 Å². The quantitative estimate of drug-likeness (QED) is 0.531. The molecule has 1 fully saturated rings. The number of aromatic nitrogens is 3. The van der Waals surface area contributed by atoms with Gasteiger partial charge in [-0.05, 0) is 55.2 Å². The molecule has 1 saturated heterocycles. The number of esters is 1. The van der Waals surface area contributed by atoms with Crippen molar-refractivity contribution in [3.05, 3.63) is 59.9 Å². The van der Waals surface area contributed by atoms with E-state index in [1.807, 2.05) is 28.9 Å². The van der Waals surface area contributed by atoms with Crippen LogP contribution in [0.25, 0.3) is 11.4 Å². The van der Waals surface area contributed by atoms with Crippen LogP contribution in [0.1, 0.15) is 41.4 Å². The third-order valence-electron chi connectivity index (χ3n) is 5.17. The summed E-state index contributed by atoms with van der Waals surface area (Å²) in [5, 5.41) is 4.43. The Morgan fingerprint density at radius 1 is 1.19 bits per heavy atom. The number of hydrogen-bond donors (Lipinski definition) is 0. The number of hydrogen-bond acceptors (Lipinski definition) is 7. The summed E-state index contributed by atoms with van der Waals surface area (Å²) in [6.45, 7) is 1.04. The molecule has 1 aliphatic heterocycles. The molecule has 2 aromatic heterocycles. The molecule has 0 amide bonds. The molecule has 31 heavy (non-hydrogen) atoms. The Kier molecular flexibility index (Phi) is 6.47. The van der Waals surface area contributed by atoms with Gasteiger partial charge in [0.05, 0.1) is 31.8 Å². The Labute approximate surface area is 180 Å². The van der Waals surface area contributed by atoms with Gasteiger partial charge in [-0.3, -0.25) is 4.98 Å². The van der Waals surface area contributed by atoms with E-state index in [2.05, 4.69) is 10.1 Å². The number of pyridine rings is 1. The molecule has 1 unspecified atom stereocenters. The van der Waals surface area contributed by atoms with Crippen LogP contribution in [-0.2, 0) is 16.1 Å². The predicted molar refractivity (Wildman–Crippen MR) is 113 cm³/mol. The summed E-state index contributed by atoms with van der Waals surface area (Å²) in [5.41, 5.74) is 2.89. The van der Waals surface area contributed by atoms with Crippen molar-refractivity contribution in [3.63, 3.8) is 0 Å². The van der Waals surface area contributed by atoms with Gasteiger partial charge in [0.25, 0.3) is 0 Å². The van der Waals surface area contributed by atoms with E-state index in [1.165, 1.54) is 14.2 Å². The molecular formula is C23H25N3O5. The molecule has 3 heterocycles. The monoisotopic (exact) mass is 423 g/mol. The molecule has 4 rings (SSSR count). The third kappa shape index (κ3) is 4.69. The van der Waals surface area contributed by atoms with Gasteiger partial charge >= 0.3 is 5.97 Å². The number of carbonyl (C=O) groups is 1. The average Bonchev–Trinajstić information content (AvgIpc) is 3.33. The molecule has 0 radical (unpaired) electrons. The van der Waals surface area contributed by atoms with Crippen molar-refractivity contribution in [2.24, 2.45) is 0 Å². The number of methoxy groups -OCH3 is 2. The van der Waals surface area contributed by atoms with Crippen molar-refractivity contribution < 1.29 is 23.7 Å². The smallest absolute Gasteiger partial charge is 0.341 e. The minimum Gasteiger partial charge on any atom is -0.496 e. The molecule has 0 spiro atoms. The normalized spacial score (nSPS) is 16.0. The second kappa shape index (κ2) is 9.61. The van der Waals surface area contributed by atoms with Gasteiger partial charge in [0.2, 0.25) is 0 Å². The molecule has 1 atom stereocenters. The summed E-state index contributed by atoms with van der Waals surface area (Å²) in [4.78, 5) is 16.5. The zero-order chi connectivity index (χ0) is 21.6. The maximum Gasteiger partial charge on any atom is 0.341 e. The van der Waals surface area contributed by atoms with Gasteiger partial charge in [-0.1, -0.05) is 6.07 Å². The fourth-order valence-corrected chi connectivity index (χ4v) is 3.56. The number of ether oxygens (including phenoxy) is 4. The Morgan fingerprint density at radius 2 is 2.10 bits per heavy atom. The number of nitrogens with zero attached hydrogens (tertiary/aromatic N) is 3. The molecule has 0 bridgehead atoms. The van der Waals surface area contributed by atoms with Crippen molar-refractivity contribution >= 4 is 5.97 Å². The number of rotatable bonds is 7. The largest absolute Gasteiger partial charge is 0.496 e. The third-order valence-corrected chi connectivity index (χ3v) is 5.17. The molecule has 162 valence electrons. The molecule has 8 heteroatoms. The highest BCUT2D eigenvalue weighted by Gasteiger charge is 2.20. The lowest BCUT2D eigenvalue weighted by Gasteiger charge is -2.24. The first-order chi connectivity index (χ1) is 15.2. The van der Waals surface area contributed by atoms with E-state index >= 15 is 0 Å². The lowest BCUT2D eigenvalue weighted by Crippen LogP contribution is -2.20. The number of carbonyl (C=O) groups excluding carboxylic acids is 1. The van der Waals surface area contributed by atoms with Crippen LogP contribution in [0.4, 0.5) is 0 Å². The molecule has 0 saturated carbocycles. The van der Waals surface area contributed by atoms with Crippen LogP contribution >= 0.6 is 0 Å². The van der Waals surface area contributed by atoms with Crippen LogP contribution in [0, 0.1) is 0 Å². The topological polar surface area (TPSA) is 84.7 Å². The Hall–Kier alpha value is -3.39. The zero-order valence-corrected chi connectivity index (χ0v) is 17.6. The van der Waals surface area contributed by atoms with Crippen molar-refractivity contribution in [1.29, 1.82) is 0 Å². The van der Waals surface area contributed by atoms with Crippen LogP contribution < -0.4 is 9.47 Å². The van der Waals surface area contributed by atoms with Crippen molar-refractivity contribution in [3.8, 4) is 22.9 Å². The first kappa shape index (κ1) is 20.9. The molecule has 1 aromatic carbocycles. The highest BCUT2D eigenvalue weighted by atomic mass is 16.5. The van der Waals surface area contributed by atoms with E-state index in [9.17, 15) is 4.79 Å². The van der Waals surface area contributed by atoms with E-state index in [-0.39, 0.29) is 12.8 Å². The van der Waals surface area contributed by atoms with Crippen molar-refractivity contribution in [2.45, 2.75) is 32.1 Å². The molecule has 8 nitrogen and oxygen atoms in total. The summed E-state index contributed by atoms with van der Waals surface area (Å²) in [6.07, 6.45) is 6.57. The average molecular weight is 423 g/mol. The fraction of sp³-hybridized carbons (Fsp3) is 0.348. The van der Waals surface area contributed by atoms with Crippen LogP contribution in [0.3, 0.4) is 0 Å². The Morgan fingerprint density at radius 3 is 2.81 bits per heavy atom. The van der Waals surface area contributed by atoms with Gasteiger partial charge < -0.3 is 18.9 Å². The summed E-state index contributed by atoms with van der Waals surface area (Å²) in [7, 11) is 2.85.